The molecule has 0 rings (SSSR count). The number of amides is 5. The summed E-state index contributed by atoms with van der Waals surface area (Å²) in [6, 6.07) is -2.47. The predicted molar refractivity (Wildman–Crippen MR) is 127 cm³/mol. The van der Waals surface area contributed by atoms with Gasteiger partial charge in [-0.2, -0.15) is 0 Å². The lowest BCUT2D eigenvalue weighted by atomic mass is 9.95. The van der Waals surface area contributed by atoms with Crippen LogP contribution >= 0.6 is 0 Å². The summed E-state index contributed by atoms with van der Waals surface area (Å²) in [5, 5.41) is 10.5. The number of nitrogens with one attached hydrogen (secondary N) is 4. The van der Waals surface area contributed by atoms with Crippen molar-refractivity contribution >= 4 is 29.5 Å². The molecule has 0 fully saturated rings. The molecule has 0 radical (unpaired) electrons. The van der Waals surface area contributed by atoms with Crippen LogP contribution in [0.3, 0.4) is 0 Å². The summed E-state index contributed by atoms with van der Waals surface area (Å²) in [5.74, 6) is -2.59. The van der Waals surface area contributed by atoms with Crippen LogP contribution in [0.25, 0.3) is 0 Å². The largest absolute Gasteiger partial charge is 0.368 e. The van der Waals surface area contributed by atoms with Gasteiger partial charge < -0.3 is 27.0 Å². The Labute approximate surface area is 197 Å². The molecule has 0 heterocycles. The highest BCUT2D eigenvalue weighted by molar-refractivity contribution is 5.94. The molecule has 0 spiro atoms. The molecule has 0 aromatic heterocycles. The smallest absolute Gasteiger partial charge is 0.243 e. The number of hydrogen-bond donors (Lipinski definition) is 5. The van der Waals surface area contributed by atoms with Crippen molar-refractivity contribution in [2.24, 2.45) is 23.5 Å². The first-order chi connectivity index (χ1) is 15.4. The van der Waals surface area contributed by atoms with E-state index >= 15 is 0 Å². The first kappa shape index (κ1) is 30.4. The van der Waals surface area contributed by atoms with Crippen LogP contribution in [0.5, 0.6) is 0 Å². The maximum absolute atomic E-state index is 13.0. The van der Waals surface area contributed by atoms with Crippen LogP contribution in [-0.2, 0) is 24.0 Å². The molecule has 190 valence electrons. The first-order valence-electron chi connectivity index (χ1n) is 11.8. The fourth-order valence-corrected chi connectivity index (χ4v) is 3.16. The number of nitrogens with two attached hydrogens (primary N) is 1. The monoisotopic (exact) mass is 469 g/mol. The molecule has 5 atom stereocenters. The number of carbonyl (C=O) groups excluding carboxylic acids is 5. The van der Waals surface area contributed by atoms with E-state index in [0.717, 1.165) is 0 Å². The maximum Gasteiger partial charge on any atom is 0.243 e. The standard InChI is InChI=1S/C23H43N5O5/c1-8-14(6)19(28-23(33)20(15(7)9-2)27-17(29)10-3)22(32)25-12-18(30)26-16(21(24)31)11-13(4)5/h13-16,19-20H,8-12H2,1-7H3,(H2,24,31)(H,25,32)(H,26,30)(H,27,29)(H,28,33)/t14-,15-,16+,19-,20-/m0/s1. The molecule has 10 heteroatoms. The second kappa shape index (κ2) is 15.2. The van der Waals surface area contributed by atoms with Crippen molar-refractivity contribution < 1.29 is 24.0 Å². The summed E-state index contributed by atoms with van der Waals surface area (Å²) in [7, 11) is 0. The lowest BCUT2D eigenvalue weighted by molar-refractivity contribution is -0.134. The molecular weight excluding hydrogens is 426 g/mol. The van der Waals surface area contributed by atoms with E-state index in [1.54, 1.807) is 6.92 Å². The van der Waals surface area contributed by atoms with E-state index in [-0.39, 0.29) is 36.6 Å². The zero-order chi connectivity index (χ0) is 25.7. The molecule has 0 unspecified atom stereocenters. The Balaban J connectivity index is 5.24. The maximum atomic E-state index is 13.0. The third-order valence-corrected chi connectivity index (χ3v) is 5.74. The van der Waals surface area contributed by atoms with Gasteiger partial charge in [-0.15, -0.1) is 0 Å². The molecule has 0 aliphatic rings. The first-order valence-corrected chi connectivity index (χ1v) is 11.8. The molecule has 5 amide bonds. The summed E-state index contributed by atoms with van der Waals surface area (Å²) in [5.41, 5.74) is 5.34. The van der Waals surface area contributed by atoms with Crippen LogP contribution in [0.2, 0.25) is 0 Å². The normalized spacial score (nSPS) is 15.5. The topological polar surface area (TPSA) is 159 Å². The van der Waals surface area contributed by atoms with E-state index < -0.39 is 41.8 Å². The van der Waals surface area contributed by atoms with E-state index in [2.05, 4.69) is 21.3 Å². The molecule has 33 heavy (non-hydrogen) atoms. The SMILES string of the molecule is CCC(=O)N[C@H](C(=O)N[C@H](C(=O)NCC(=O)N[C@H](CC(C)C)C(N)=O)[C@@H](C)CC)[C@@H](C)CC. The van der Waals surface area contributed by atoms with Crippen molar-refractivity contribution in [3.05, 3.63) is 0 Å². The highest BCUT2D eigenvalue weighted by Gasteiger charge is 2.32. The molecule has 0 aliphatic heterocycles. The fourth-order valence-electron chi connectivity index (χ4n) is 3.16. The number of rotatable bonds is 15. The molecule has 0 saturated heterocycles. The summed E-state index contributed by atoms with van der Waals surface area (Å²) in [6.45, 7) is 12.6. The van der Waals surface area contributed by atoms with Gasteiger partial charge in [0, 0.05) is 6.42 Å². The molecular formula is C23H43N5O5. The van der Waals surface area contributed by atoms with Crippen molar-refractivity contribution in [2.45, 2.75) is 92.3 Å². The lowest BCUT2D eigenvalue weighted by Gasteiger charge is -2.28. The zero-order valence-corrected chi connectivity index (χ0v) is 21.1. The van der Waals surface area contributed by atoms with Gasteiger partial charge in [0.15, 0.2) is 0 Å². The molecule has 0 saturated carbocycles. The fraction of sp³-hybridized carbons (Fsp3) is 0.783. The summed E-state index contributed by atoms with van der Waals surface area (Å²) >= 11 is 0. The highest BCUT2D eigenvalue weighted by atomic mass is 16.2. The van der Waals surface area contributed by atoms with Crippen LogP contribution in [0.1, 0.15) is 74.1 Å². The Kier molecular flexibility index (Phi) is 14.0. The third-order valence-electron chi connectivity index (χ3n) is 5.74. The minimum Gasteiger partial charge on any atom is -0.368 e. The Morgan fingerprint density at radius 3 is 1.67 bits per heavy atom. The van der Waals surface area contributed by atoms with E-state index in [0.29, 0.717) is 19.3 Å². The Morgan fingerprint density at radius 1 is 0.727 bits per heavy atom. The molecule has 0 aromatic rings. The van der Waals surface area contributed by atoms with Gasteiger partial charge in [0.25, 0.3) is 0 Å². The summed E-state index contributed by atoms with van der Waals surface area (Å²) < 4.78 is 0. The molecule has 10 nitrogen and oxygen atoms in total. The number of primary amides is 1. The molecule has 6 N–H and O–H groups in total. The minimum atomic E-state index is -0.886. The minimum absolute atomic E-state index is 0.126. The van der Waals surface area contributed by atoms with Crippen LogP contribution in [0.15, 0.2) is 0 Å². The quantitative estimate of drug-likeness (QED) is 0.237. The summed E-state index contributed by atoms with van der Waals surface area (Å²) in [4.78, 5) is 61.5. The molecule has 0 aliphatic carbocycles. The van der Waals surface area contributed by atoms with Crippen molar-refractivity contribution in [1.82, 2.24) is 21.3 Å². The van der Waals surface area contributed by atoms with Crippen molar-refractivity contribution in [3.8, 4) is 0 Å². The van der Waals surface area contributed by atoms with Gasteiger partial charge in [0.2, 0.25) is 29.5 Å². The zero-order valence-electron chi connectivity index (χ0n) is 21.1. The predicted octanol–water partition coefficient (Wildman–Crippen LogP) is 0.591. The number of carbonyl (C=O) groups is 5. The molecule has 0 bridgehead atoms. The van der Waals surface area contributed by atoms with E-state index in [9.17, 15) is 24.0 Å². The Morgan fingerprint density at radius 2 is 1.24 bits per heavy atom. The Hall–Kier alpha value is -2.65. The van der Waals surface area contributed by atoms with Crippen LogP contribution < -0.4 is 27.0 Å². The second-order valence-corrected chi connectivity index (χ2v) is 9.03. The van der Waals surface area contributed by atoms with Crippen molar-refractivity contribution in [3.63, 3.8) is 0 Å². The van der Waals surface area contributed by atoms with Gasteiger partial charge in [0.05, 0.1) is 6.54 Å². The van der Waals surface area contributed by atoms with E-state index in [1.807, 2.05) is 41.5 Å². The van der Waals surface area contributed by atoms with Gasteiger partial charge in [-0.3, -0.25) is 24.0 Å². The van der Waals surface area contributed by atoms with Crippen LogP contribution in [0, 0.1) is 17.8 Å². The van der Waals surface area contributed by atoms with Gasteiger partial charge in [-0.1, -0.05) is 61.3 Å². The van der Waals surface area contributed by atoms with Gasteiger partial charge in [0.1, 0.15) is 18.1 Å². The van der Waals surface area contributed by atoms with Crippen molar-refractivity contribution in [1.29, 1.82) is 0 Å². The van der Waals surface area contributed by atoms with Crippen molar-refractivity contribution in [2.75, 3.05) is 6.54 Å². The average Bonchev–Trinajstić information content (AvgIpc) is 2.76. The Bertz CT molecular complexity index is 682. The lowest BCUT2D eigenvalue weighted by Crippen LogP contribution is -2.58. The second-order valence-electron chi connectivity index (χ2n) is 9.03. The van der Waals surface area contributed by atoms with Crippen LogP contribution in [0.4, 0.5) is 0 Å². The average molecular weight is 470 g/mol. The number of hydrogen-bond acceptors (Lipinski definition) is 5. The van der Waals surface area contributed by atoms with Gasteiger partial charge >= 0.3 is 0 Å². The van der Waals surface area contributed by atoms with E-state index in [1.165, 1.54) is 0 Å². The summed E-state index contributed by atoms with van der Waals surface area (Å²) in [6.07, 6.45) is 1.91. The third kappa shape index (κ3) is 11.2. The highest BCUT2D eigenvalue weighted by Crippen LogP contribution is 2.12. The van der Waals surface area contributed by atoms with Gasteiger partial charge in [-0.05, 0) is 24.2 Å². The van der Waals surface area contributed by atoms with Gasteiger partial charge in [-0.25, -0.2) is 0 Å². The molecule has 0 aromatic carbocycles. The van der Waals surface area contributed by atoms with E-state index in [4.69, 9.17) is 5.73 Å². The van der Waals surface area contributed by atoms with Crippen LogP contribution in [-0.4, -0.2) is 54.2 Å².